The average molecular weight is 328 g/mol. The number of rotatable bonds is 2. The van der Waals surface area contributed by atoms with Gasteiger partial charge in [-0.15, -0.1) is 0 Å². The number of benzene rings is 4. The van der Waals surface area contributed by atoms with Gasteiger partial charge in [0.15, 0.2) is 0 Å². The normalized spacial score (nSPS) is 11.3. The molecule has 0 aromatic heterocycles. The van der Waals surface area contributed by atoms with Crippen LogP contribution in [0.2, 0.25) is 0 Å². The Bertz CT molecular complexity index is 1020. The van der Waals surface area contributed by atoms with Crippen molar-refractivity contribution in [2.45, 2.75) is 20.3 Å². The van der Waals surface area contributed by atoms with E-state index in [4.69, 9.17) is 0 Å². The van der Waals surface area contributed by atoms with Crippen molar-refractivity contribution in [2.24, 2.45) is 0 Å². The number of phenolic OH excluding ortho intramolecular Hbond substituents is 2. The largest absolute Gasteiger partial charge is 0.507 e. The molecular weight excluding hydrogens is 308 g/mol. The fraction of sp³-hybridized carbons (Fsp3) is 0.130. The quantitative estimate of drug-likeness (QED) is 0.502. The molecule has 0 fully saturated rings. The maximum absolute atomic E-state index is 10.8. The molecule has 0 bridgehead atoms. The maximum Gasteiger partial charge on any atom is 0.127 e. The fourth-order valence-corrected chi connectivity index (χ4v) is 3.64. The summed E-state index contributed by atoms with van der Waals surface area (Å²) >= 11 is 0. The van der Waals surface area contributed by atoms with Crippen LogP contribution in [0.15, 0.2) is 60.7 Å². The van der Waals surface area contributed by atoms with Crippen LogP contribution in [-0.2, 0) is 6.42 Å². The van der Waals surface area contributed by atoms with Gasteiger partial charge in [0, 0.05) is 28.3 Å². The first kappa shape index (κ1) is 15.5. The molecule has 0 unspecified atom stereocenters. The van der Waals surface area contributed by atoms with Crippen LogP contribution in [0.5, 0.6) is 11.5 Å². The Balaban J connectivity index is 1.91. The first-order chi connectivity index (χ1) is 12.1. The standard InChI is InChI=1S/C23H20O2/c1-14-11-16-7-3-5-9-18(16)22(24)20(14)13-21-15(2)12-17-8-4-6-10-19(17)23(21)25/h3-12,24-25H,13H2,1-2H3. The highest BCUT2D eigenvalue weighted by Gasteiger charge is 2.16. The monoisotopic (exact) mass is 328 g/mol. The Morgan fingerprint density at radius 1 is 0.640 bits per heavy atom. The zero-order valence-corrected chi connectivity index (χ0v) is 14.4. The molecule has 25 heavy (non-hydrogen) atoms. The lowest BCUT2D eigenvalue weighted by Crippen LogP contribution is -1.97. The lowest BCUT2D eigenvalue weighted by Gasteiger charge is -2.16. The smallest absolute Gasteiger partial charge is 0.127 e. The van der Waals surface area contributed by atoms with E-state index in [1.165, 1.54) is 0 Å². The van der Waals surface area contributed by atoms with Gasteiger partial charge < -0.3 is 10.2 Å². The van der Waals surface area contributed by atoms with Gasteiger partial charge in [0.25, 0.3) is 0 Å². The molecule has 0 aliphatic rings. The van der Waals surface area contributed by atoms with Crippen molar-refractivity contribution >= 4 is 21.5 Å². The molecule has 4 aromatic rings. The highest BCUT2D eigenvalue weighted by molar-refractivity contribution is 5.92. The minimum absolute atomic E-state index is 0.308. The molecule has 0 saturated heterocycles. The van der Waals surface area contributed by atoms with Crippen molar-refractivity contribution in [2.75, 3.05) is 0 Å². The van der Waals surface area contributed by atoms with Crippen LogP contribution >= 0.6 is 0 Å². The van der Waals surface area contributed by atoms with Gasteiger partial charge in [-0.2, -0.15) is 0 Å². The second kappa shape index (κ2) is 5.82. The molecule has 0 atom stereocenters. The van der Waals surface area contributed by atoms with Gasteiger partial charge in [0.05, 0.1) is 0 Å². The molecule has 0 heterocycles. The summed E-state index contributed by atoms with van der Waals surface area (Å²) in [6, 6.07) is 19.9. The van der Waals surface area contributed by atoms with Crippen LogP contribution < -0.4 is 0 Å². The zero-order chi connectivity index (χ0) is 17.6. The van der Waals surface area contributed by atoms with Crippen molar-refractivity contribution in [3.05, 3.63) is 82.9 Å². The summed E-state index contributed by atoms with van der Waals surface area (Å²) in [6.07, 6.45) is 0.505. The van der Waals surface area contributed by atoms with Crippen molar-refractivity contribution < 1.29 is 10.2 Å². The van der Waals surface area contributed by atoms with E-state index < -0.39 is 0 Å². The Morgan fingerprint density at radius 2 is 1.04 bits per heavy atom. The van der Waals surface area contributed by atoms with Gasteiger partial charge in [-0.05, 0) is 35.7 Å². The number of phenols is 2. The van der Waals surface area contributed by atoms with Crippen LogP contribution in [0.4, 0.5) is 0 Å². The molecule has 0 aliphatic carbocycles. The van der Waals surface area contributed by atoms with E-state index >= 15 is 0 Å². The predicted molar refractivity (Wildman–Crippen MR) is 104 cm³/mol. The number of hydrogen-bond donors (Lipinski definition) is 2. The molecule has 0 aliphatic heterocycles. The fourth-order valence-electron chi connectivity index (χ4n) is 3.64. The van der Waals surface area contributed by atoms with Gasteiger partial charge in [0.1, 0.15) is 11.5 Å². The van der Waals surface area contributed by atoms with Gasteiger partial charge in [-0.25, -0.2) is 0 Å². The van der Waals surface area contributed by atoms with Crippen LogP contribution in [0.3, 0.4) is 0 Å². The van der Waals surface area contributed by atoms with Crippen molar-refractivity contribution in [3.8, 4) is 11.5 Å². The summed E-state index contributed by atoms with van der Waals surface area (Å²) < 4.78 is 0. The third kappa shape index (κ3) is 2.51. The van der Waals surface area contributed by atoms with Crippen molar-refractivity contribution in [1.82, 2.24) is 0 Å². The molecule has 4 rings (SSSR count). The van der Waals surface area contributed by atoms with E-state index in [9.17, 15) is 10.2 Å². The van der Waals surface area contributed by atoms with Gasteiger partial charge in [-0.1, -0.05) is 60.7 Å². The lowest BCUT2D eigenvalue weighted by molar-refractivity contribution is 0.468. The zero-order valence-electron chi connectivity index (χ0n) is 14.4. The predicted octanol–water partition coefficient (Wildman–Crippen LogP) is 5.61. The number of aryl methyl sites for hydroxylation is 2. The Morgan fingerprint density at radius 3 is 1.48 bits per heavy atom. The summed E-state index contributed by atoms with van der Waals surface area (Å²) in [5, 5.41) is 25.4. The molecule has 124 valence electrons. The first-order valence-electron chi connectivity index (χ1n) is 8.46. The van der Waals surface area contributed by atoms with E-state index in [0.29, 0.717) is 17.9 Å². The second-order valence-corrected chi connectivity index (χ2v) is 6.66. The molecule has 0 saturated carbocycles. The number of aromatic hydroxyl groups is 2. The van der Waals surface area contributed by atoms with Gasteiger partial charge in [-0.3, -0.25) is 0 Å². The molecule has 0 spiro atoms. The summed E-state index contributed by atoms with van der Waals surface area (Å²) in [6.45, 7) is 4.02. The summed E-state index contributed by atoms with van der Waals surface area (Å²) in [5.41, 5.74) is 3.80. The van der Waals surface area contributed by atoms with Crippen molar-refractivity contribution in [3.63, 3.8) is 0 Å². The third-order valence-electron chi connectivity index (χ3n) is 5.05. The average Bonchev–Trinajstić information content (AvgIpc) is 2.61. The Hall–Kier alpha value is -3.00. The Labute approximate surface area is 147 Å². The van der Waals surface area contributed by atoms with Crippen LogP contribution in [0.1, 0.15) is 22.3 Å². The maximum atomic E-state index is 10.8. The van der Waals surface area contributed by atoms with E-state index in [2.05, 4.69) is 12.1 Å². The minimum Gasteiger partial charge on any atom is -0.507 e. The SMILES string of the molecule is Cc1cc2ccccc2c(O)c1Cc1c(C)cc2ccccc2c1O. The summed E-state index contributed by atoms with van der Waals surface area (Å²) in [7, 11) is 0. The first-order valence-corrected chi connectivity index (χ1v) is 8.46. The van der Waals surface area contributed by atoms with Crippen LogP contribution in [-0.4, -0.2) is 10.2 Å². The summed E-state index contributed by atoms with van der Waals surface area (Å²) in [5.74, 6) is 0.616. The van der Waals surface area contributed by atoms with Crippen LogP contribution in [0.25, 0.3) is 21.5 Å². The van der Waals surface area contributed by atoms with E-state index in [-0.39, 0.29) is 0 Å². The topological polar surface area (TPSA) is 40.5 Å². The molecular formula is C23H20O2. The summed E-state index contributed by atoms with van der Waals surface area (Å²) in [4.78, 5) is 0. The number of hydrogen-bond acceptors (Lipinski definition) is 2. The van der Waals surface area contributed by atoms with Crippen molar-refractivity contribution in [1.29, 1.82) is 0 Å². The third-order valence-corrected chi connectivity index (χ3v) is 5.05. The molecule has 2 N–H and O–H groups in total. The van der Waals surface area contributed by atoms with E-state index in [1.807, 2.05) is 62.4 Å². The van der Waals surface area contributed by atoms with Gasteiger partial charge >= 0.3 is 0 Å². The highest BCUT2D eigenvalue weighted by Crippen LogP contribution is 2.38. The lowest BCUT2D eigenvalue weighted by atomic mass is 9.91. The molecule has 0 radical (unpaired) electrons. The highest BCUT2D eigenvalue weighted by atomic mass is 16.3. The minimum atomic E-state index is 0.308. The number of fused-ring (bicyclic) bond motifs is 2. The second-order valence-electron chi connectivity index (χ2n) is 6.66. The van der Waals surface area contributed by atoms with Gasteiger partial charge in [0.2, 0.25) is 0 Å². The molecule has 2 nitrogen and oxygen atoms in total. The Kier molecular flexibility index (Phi) is 3.61. The molecule has 0 amide bonds. The van der Waals surface area contributed by atoms with E-state index in [0.717, 1.165) is 43.8 Å². The van der Waals surface area contributed by atoms with E-state index in [1.54, 1.807) is 0 Å². The molecule has 2 heteroatoms. The van der Waals surface area contributed by atoms with Crippen LogP contribution in [0, 0.1) is 13.8 Å². The molecule has 4 aromatic carbocycles.